The fourth-order valence-electron chi connectivity index (χ4n) is 2.42. The van der Waals surface area contributed by atoms with Crippen molar-refractivity contribution in [3.8, 4) is 5.88 Å². The van der Waals surface area contributed by atoms with Gasteiger partial charge in [0.2, 0.25) is 5.88 Å². The molecule has 0 saturated carbocycles. The number of hydrogen-bond donors (Lipinski definition) is 1. The number of azo groups is 1. The van der Waals surface area contributed by atoms with Crippen LogP contribution < -0.4 is 0 Å². The average molecular weight is 293 g/mol. The molecule has 0 saturated heterocycles. The minimum Gasteiger partial charge on any atom is -0.493 e. The molecule has 0 aliphatic carbocycles. The highest BCUT2D eigenvalue weighted by Crippen LogP contribution is 2.37. The second-order valence-corrected chi connectivity index (χ2v) is 5.07. The van der Waals surface area contributed by atoms with E-state index in [1.807, 2.05) is 43.3 Å². The van der Waals surface area contributed by atoms with Crippen LogP contribution in [0, 0.1) is 6.92 Å². The molecule has 2 aromatic carbocycles. The minimum absolute atomic E-state index is 0.0115. The van der Waals surface area contributed by atoms with Crippen LogP contribution in [0.2, 0.25) is 0 Å². The van der Waals surface area contributed by atoms with E-state index in [4.69, 9.17) is 0 Å². The van der Waals surface area contributed by atoms with Gasteiger partial charge in [0, 0.05) is 18.0 Å². The third kappa shape index (κ3) is 2.26. The standard InChI is InChI=1S/C17H15N3O2/c1-11-7-3-4-8-12(11)16(21)19-18-15-13-9-5-6-10-14(13)20(2)17(15)22/h3-10,22H,1-2H3. The summed E-state index contributed by atoms with van der Waals surface area (Å²) in [4.78, 5) is 12.1. The molecule has 0 unspecified atom stereocenters. The fourth-order valence-corrected chi connectivity index (χ4v) is 2.42. The molecule has 1 aromatic heterocycles. The summed E-state index contributed by atoms with van der Waals surface area (Å²) in [6.07, 6.45) is 0. The van der Waals surface area contributed by atoms with Crippen molar-refractivity contribution >= 4 is 22.5 Å². The monoisotopic (exact) mass is 293 g/mol. The summed E-state index contributed by atoms with van der Waals surface area (Å²) in [5.41, 5.74) is 2.48. The van der Waals surface area contributed by atoms with Crippen LogP contribution in [-0.2, 0) is 7.05 Å². The van der Waals surface area contributed by atoms with E-state index in [1.54, 1.807) is 23.7 Å². The molecule has 5 nitrogen and oxygen atoms in total. The number of aryl methyl sites for hydroxylation is 2. The zero-order valence-corrected chi connectivity index (χ0v) is 12.3. The normalized spacial score (nSPS) is 11.4. The second-order valence-electron chi connectivity index (χ2n) is 5.07. The van der Waals surface area contributed by atoms with Crippen LogP contribution in [-0.4, -0.2) is 15.6 Å². The zero-order valence-electron chi connectivity index (χ0n) is 12.3. The first-order valence-corrected chi connectivity index (χ1v) is 6.87. The average Bonchev–Trinajstić information content (AvgIpc) is 2.77. The molecule has 0 aliphatic rings. The van der Waals surface area contributed by atoms with Crippen molar-refractivity contribution in [1.82, 2.24) is 4.57 Å². The first kappa shape index (κ1) is 14.0. The van der Waals surface area contributed by atoms with Gasteiger partial charge in [-0.25, -0.2) is 0 Å². The summed E-state index contributed by atoms with van der Waals surface area (Å²) in [5, 5.41) is 18.7. The number of aromatic hydroxyl groups is 1. The molecule has 3 rings (SSSR count). The van der Waals surface area contributed by atoms with Gasteiger partial charge < -0.3 is 9.67 Å². The molecule has 0 aliphatic heterocycles. The van der Waals surface area contributed by atoms with Crippen LogP contribution in [0.1, 0.15) is 15.9 Å². The fraction of sp³-hybridized carbons (Fsp3) is 0.118. The van der Waals surface area contributed by atoms with Gasteiger partial charge in [-0.3, -0.25) is 4.79 Å². The molecule has 0 fully saturated rings. The van der Waals surface area contributed by atoms with Gasteiger partial charge >= 0.3 is 0 Å². The third-order valence-electron chi connectivity index (χ3n) is 3.67. The predicted octanol–water partition coefficient (Wildman–Crippen LogP) is 4.12. The number of hydrogen-bond acceptors (Lipinski definition) is 3. The Kier molecular flexibility index (Phi) is 3.47. The zero-order chi connectivity index (χ0) is 15.7. The summed E-state index contributed by atoms with van der Waals surface area (Å²) in [5.74, 6) is -0.437. The Morgan fingerprint density at radius 3 is 2.55 bits per heavy atom. The molecule has 5 heteroatoms. The van der Waals surface area contributed by atoms with Crippen molar-refractivity contribution < 1.29 is 9.90 Å². The minimum atomic E-state index is -0.426. The van der Waals surface area contributed by atoms with Crippen LogP contribution >= 0.6 is 0 Å². The highest BCUT2D eigenvalue weighted by atomic mass is 16.3. The lowest BCUT2D eigenvalue weighted by Gasteiger charge is -1.98. The summed E-state index contributed by atoms with van der Waals surface area (Å²) in [7, 11) is 1.74. The number of nitrogens with zero attached hydrogens (tertiary/aromatic N) is 3. The maximum Gasteiger partial charge on any atom is 0.295 e. The lowest BCUT2D eigenvalue weighted by atomic mass is 10.1. The molecule has 0 radical (unpaired) electrons. The lowest BCUT2D eigenvalue weighted by Crippen LogP contribution is -1.96. The molecule has 110 valence electrons. The SMILES string of the molecule is Cc1ccccc1C(=O)N=Nc1c(O)n(C)c2ccccc12. The van der Waals surface area contributed by atoms with E-state index in [2.05, 4.69) is 10.2 Å². The van der Waals surface area contributed by atoms with Crippen molar-refractivity contribution in [2.75, 3.05) is 0 Å². The Morgan fingerprint density at radius 1 is 1.09 bits per heavy atom. The second kappa shape index (κ2) is 5.44. The number of benzene rings is 2. The van der Waals surface area contributed by atoms with Gasteiger partial charge in [0.05, 0.1) is 5.52 Å². The maximum absolute atomic E-state index is 12.1. The van der Waals surface area contributed by atoms with E-state index in [0.717, 1.165) is 16.5 Å². The Morgan fingerprint density at radius 2 is 1.77 bits per heavy atom. The molecule has 1 heterocycles. The lowest BCUT2D eigenvalue weighted by molar-refractivity contribution is 0.0994. The van der Waals surface area contributed by atoms with E-state index in [1.165, 1.54) is 0 Å². The predicted molar refractivity (Wildman–Crippen MR) is 84.6 cm³/mol. The Hall–Kier alpha value is -2.95. The number of fused-ring (bicyclic) bond motifs is 1. The van der Waals surface area contributed by atoms with E-state index in [0.29, 0.717) is 11.3 Å². The van der Waals surface area contributed by atoms with Gasteiger partial charge in [-0.05, 0) is 24.6 Å². The van der Waals surface area contributed by atoms with Crippen molar-refractivity contribution in [3.05, 3.63) is 59.7 Å². The third-order valence-corrected chi connectivity index (χ3v) is 3.67. The number of aromatic nitrogens is 1. The van der Waals surface area contributed by atoms with Gasteiger partial charge in [-0.1, -0.05) is 36.4 Å². The van der Waals surface area contributed by atoms with Crippen LogP contribution in [0.25, 0.3) is 10.9 Å². The quantitative estimate of drug-likeness (QED) is 0.722. The Balaban J connectivity index is 2.02. The number of rotatable bonds is 2. The molecule has 3 aromatic rings. The van der Waals surface area contributed by atoms with Gasteiger partial charge in [0.1, 0.15) is 0 Å². The molecule has 22 heavy (non-hydrogen) atoms. The van der Waals surface area contributed by atoms with Crippen molar-refractivity contribution in [3.63, 3.8) is 0 Å². The largest absolute Gasteiger partial charge is 0.493 e. The van der Waals surface area contributed by atoms with E-state index in [-0.39, 0.29) is 5.88 Å². The summed E-state index contributed by atoms with van der Waals surface area (Å²) in [6, 6.07) is 14.6. The summed E-state index contributed by atoms with van der Waals surface area (Å²) in [6.45, 7) is 1.85. The van der Waals surface area contributed by atoms with Gasteiger partial charge in [-0.2, -0.15) is 0 Å². The van der Waals surface area contributed by atoms with Crippen LogP contribution in [0.3, 0.4) is 0 Å². The number of para-hydroxylation sites is 1. The van der Waals surface area contributed by atoms with Crippen LogP contribution in [0.4, 0.5) is 5.69 Å². The topological polar surface area (TPSA) is 66.9 Å². The van der Waals surface area contributed by atoms with Crippen molar-refractivity contribution in [2.24, 2.45) is 17.3 Å². The van der Waals surface area contributed by atoms with Gasteiger partial charge in [-0.15, -0.1) is 10.2 Å². The highest BCUT2D eigenvalue weighted by molar-refractivity contribution is 5.98. The molecular formula is C17H15N3O2. The first-order chi connectivity index (χ1) is 10.6. The van der Waals surface area contributed by atoms with Crippen LogP contribution in [0.15, 0.2) is 58.8 Å². The van der Waals surface area contributed by atoms with Gasteiger partial charge in [0.15, 0.2) is 5.69 Å². The molecule has 1 N–H and O–H groups in total. The van der Waals surface area contributed by atoms with Crippen molar-refractivity contribution in [2.45, 2.75) is 6.92 Å². The first-order valence-electron chi connectivity index (χ1n) is 6.87. The van der Waals surface area contributed by atoms with Crippen LogP contribution in [0.5, 0.6) is 5.88 Å². The molecular weight excluding hydrogens is 278 g/mol. The smallest absolute Gasteiger partial charge is 0.295 e. The molecule has 0 spiro atoms. The number of amides is 1. The molecule has 0 atom stereocenters. The summed E-state index contributed by atoms with van der Waals surface area (Å²) >= 11 is 0. The Bertz CT molecular complexity index is 894. The number of carbonyl (C=O) groups excluding carboxylic acids is 1. The number of carbonyl (C=O) groups is 1. The maximum atomic E-state index is 12.1. The summed E-state index contributed by atoms with van der Waals surface area (Å²) < 4.78 is 1.61. The Labute approximate surface area is 127 Å². The van der Waals surface area contributed by atoms with Gasteiger partial charge in [0.25, 0.3) is 5.91 Å². The van der Waals surface area contributed by atoms with Crippen molar-refractivity contribution in [1.29, 1.82) is 0 Å². The van der Waals surface area contributed by atoms with E-state index < -0.39 is 5.91 Å². The molecule has 1 amide bonds. The highest BCUT2D eigenvalue weighted by Gasteiger charge is 2.14. The molecule has 0 bridgehead atoms. The van der Waals surface area contributed by atoms with E-state index in [9.17, 15) is 9.90 Å². The van der Waals surface area contributed by atoms with E-state index >= 15 is 0 Å².